The topological polar surface area (TPSA) is 29.1 Å². The SMILES string of the molecule is C[C@@H](NC(=O)C1=C[C@@H]2C=C[C@H]3C=C[C@H]1[C@@H]32)c1ccccc1. The molecule has 2 nitrogen and oxygen atoms in total. The van der Waals surface area contributed by atoms with Gasteiger partial charge in [-0.2, -0.15) is 0 Å². The summed E-state index contributed by atoms with van der Waals surface area (Å²) in [6.07, 6.45) is 11.2. The van der Waals surface area contributed by atoms with Gasteiger partial charge in [-0.05, 0) is 24.3 Å². The van der Waals surface area contributed by atoms with E-state index >= 15 is 0 Å². The molecule has 0 saturated heterocycles. The normalized spacial score (nSPS) is 32.9. The molecule has 0 radical (unpaired) electrons. The van der Waals surface area contributed by atoms with E-state index in [1.54, 1.807) is 0 Å². The molecule has 0 aromatic heterocycles. The summed E-state index contributed by atoms with van der Waals surface area (Å²) in [7, 11) is 0. The van der Waals surface area contributed by atoms with Crippen LogP contribution in [-0.2, 0) is 4.79 Å². The van der Waals surface area contributed by atoms with Crippen molar-refractivity contribution in [2.75, 3.05) is 0 Å². The van der Waals surface area contributed by atoms with Crippen LogP contribution in [0, 0.1) is 23.7 Å². The van der Waals surface area contributed by atoms with Crippen molar-refractivity contribution in [1.82, 2.24) is 5.32 Å². The minimum Gasteiger partial charge on any atom is -0.346 e. The Morgan fingerprint density at radius 3 is 2.57 bits per heavy atom. The van der Waals surface area contributed by atoms with Gasteiger partial charge in [0.05, 0.1) is 6.04 Å². The summed E-state index contributed by atoms with van der Waals surface area (Å²) in [5.74, 6) is 1.94. The summed E-state index contributed by atoms with van der Waals surface area (Å²) in [6, 6.07) is 10.2. The van der Waals surface area contributed by atoms with Crippen molar-refractivity contribution in [2.45, 2.75) is 13.0 Å². The van der Waals surface area contributed by atoms with Crippen molar-refractivity contribution >= 4 is 5.91 Å². The van der Waals surface area contributed by atoms with Crippen LogP contribution in [0.2, 0.25) is 0 Å². The molecule has 21 heavy (non-hydrogen) atoms. The Morgan fingerprint density at radius 1 is 1.05 bits per heavy atom. The number of rotatable bonds is 3. The highest BCUT2D eigenvalue weighted by Crippen LogP contribution is 2.51. The molecule has 5 atom stereocenters. The lowest BCUT2D eigenvalue weighted by atomic mass is 9.87. The Balaban J connectivity index is 1.51. The standard InChI is InChI=1S/C19H19NO/c1-12(13-5-3-2-4-6-13)20-19(21)17-11-15-8-7-14-9-10-16(17)18(14)15/h2-12,14-16,18H,1H3,(H,20,21)/t12-,14+,15+,16-,18+/m1/s1. The maximum absolute atomic E-state index is 12.6. The number of nitrogens with one attached hydrogen (secondary N) is 1. The Labute approximate surface area is 125 Å². The van der Waals surface area contributed by atoms with Crippen LogP contribution in [0.15, 0.2) is 66.3 Å². The molecular formula is C19H19NO. The lowest BCUT2D eigenvalue weighted by Crippen LogP contribution is -2.30. The van der Waals surface area contributed by atoms with E-state index in [0.717, 1.165) is 11.1 Å². The number of amides is 1. The molecule has 0 fully saturated rings. The smallest absolute Gasteiger partial charge is 0.247 e. The largest absolute Gasteiger partial charge is 0.346 e. The Bertz CT molecular complexity index is 655. The molecule has 3 aliphatic carbocycles. The first-order valence-electron chi connectivity index (χ1n) is 7.68. The molecule has 1 N–H and O–H groups in total. The molecule has 2 heteroatoms. The first-order valence-corrected chi connectivity index (χ1v) is 7.68. The highest BCUT2D eigenvalue weighted by Gasteiger charge is 2.45. The zero-order valence-electron chi connectivity index (χ0n) is 12.1. The third-order valence-electron chi connectivity index (χ3n) is 5.04. The summed E-state index contributed by atoms with van der Waals surface area (Å²) in [4.78, 5) is 12.6. The maximum atomic E-state index is 12.6. The van der Waals surface area contributed by atoms with E-state index in [1.165, 1.54) is 0 Å². The van der Waals surface area contributed by atoms with Gasteiger partial charge in [0.25, 0.3) is 0 Å². The second-order valence-electron chi connectivity index (χ2n) is 6.26. The molecule has 0 spiro atoms. The van der Waals surface area contributed by atoms with E-state index < -0.39 is 0 Å². The molecule has 106 valence electrons. The fraction of sp³-hybridized carbons (Fsp3) is 0.316. The lowest BCUT2D eigenvalue weighted by Gasteiger charge is -2.19. The van der Waals surface area contributed by atoms with Crippen LogP contribution in [0.3, 0.4) is 0 Å². The number of carbonyl (C=O) groups excluding carboxylic acids is 1. The summed E-state index contributed by atoms with van der Waals surface area (Å²) in [6.45, 7) is 2.04. The van der Waals surface area contributed by atoms with Gasteiger partial charge in [-0.25, -0.2) is 0 Å². The second-order valence-corrected chi connectivity index (χ2v) is 6.26. The highest BCUT2D eigenvalue weighted by molar-refractivity contribution is 5.95. The number of hydrogen-bond donors (Lipinski definition) is 1. The van der Waals surface area contributed by atoms with Crippen molar-refractivity contribution in [2.24, 2.45) is 23.7 Å². The van der Waals surface area contributed by atoms with Gasteiger partial charge in [-0.3, -0.25) is 4.79 Å². The summed E-state index contributed by atoms with van der Waals surface area (Å²) in [5.41, 5.74) is 2.10. The van der Waals surface area contributed by atoms with Crippen molar-refractivity contribution < 1.29 is 4.79 Å². The second kappa shape index (κ2) is 4.73. The fourth-order valence-corrected chi connectivity index (χ4v) is 3.95. The van der Waals surface area contributed by atoms with Gasteiger partial charge in [0.15, 0.2) is 0 Å². The molecule has 0 aliphatic heterocycles. The Morgan fingerprint density at radius 2 is 1.76 bits per heavy atom. The van der Waals surface area contributed by atoms with Gasteiger partial charge >= 0.3 is 0 Å². The molecule has 1 aromatic carbocycles. The Kier molecular flexibility index (Phi) is 2.85. The van der Waals surface area contributed by atoms with Gasteiger partial charge in [-0.15, -0.1) is 0 Å². The highest BCUT2D eigenvalue weighted by atomic mass is 16.1. The molecule has 0 unspecified atom stereocenters. The first-order chi connectivity index (χ1) is 10.2. The third kappa shape index (κ3) is 1.98. The quantitative estimate of drug-likeness (QED) is 0.843. The molecule has 0 saturated carbocycles. The predicted octanol–water partition coefficient (Wildman–Crippen LogP) is 3.41. The zero-order chi connectivity index (χ0) is 14.4. The van der Waals surface area contributed by atoms with Crippen LogP contribution >= 0.6 is 0 Å². The average Bonchev–Trinajstić information content (AvgIpc) is 3.17. The van der Waals surface area contributed by atoms with Crippen LogP contribution in [0.25, 0.3) is 0 Å². The summed E-state index contributed by atoms with van der Waals surface area (Å²) >= 11 is 0. The van der Waals surface area contributed by atoms with Gasteiger partial charge in [0.2, 0.25) is 5.91 Å². The van der Waals surface area contributed by atoms with Crippen LogP contribution < -0.4 is 5.32 Å². The minimum absolute atomic E-state index is 0.0387. The monoisotopic (exact) mass is 277 g/mol. The number of benzene rings is 1. The van der Waals surface area contributed by atoms with Crippen LogP contribution in [-0.4, -0.2) is 5.91 Å². The summed E-state index contributed by atoms with van der Waals surface area (Å²) in [5, 5.41) is 3.15. The average molecular weight is 277 g/mol. The first kappa shape index (κ1) is 12.6. The van der Waals surface area contributed by atoms with E-state index in [4.69, 9.17) is 0 Å². The molecule has 4 rings (SSSR count). The minimum atomic E-state index is 0.0387. The molecule has 1 amide bonds. The molecule has 0 heterocycles. The number of allylic oxidation sites excluding steroid dienone is 5. The number of hydrogen-bond acceptors (Lipinski definition) is 1. The molecule has 1 aromatic rings. The molecule has 0 bridgehead atoms. The van der Waals surface area contributed by atoms with Crippen LogP contribution in [0.5, 0.6) is 0 Å². The van der Waals surface area contributed by atoms with Crippen molar-refractivity contribution in [1.29, 1.82) is 0 Å². The zero-order valence-corrected chi connectivity index (χ0v) is 12.1. The van der Waals surface area contributed by atoms with E-state index in [9.17, 15) is 4.79 Å². The van der Waals surface area contributed by atoms with E-state index in [2.05, 4.69) is 47.8 Å². The fourth-order valence-electron chi connectivity index (χ4n) is 3.95. The van der Waals surface area contributed by atoms with Gasteiger partial charge in [-0.1, -0.05) is 60.7 Å². The third-order valence-corrected chi connectivity index (χ3v) is 5.04. The Hall–Kier alpha value is -2.09. The molecule has 3 aliphatic rings. The summed E-state index contributed by atoms with van der Waals surface area (Å²) < 4.78 is 0. The van der Waals surface area contributed by atoms with Crippen molar-refractivity contribution in [3.05, 3.63) is 71.8 Å². The lowest BCUT2D eigenvalue weighted by molar-refractivity contribution is -0.118. The van der Waals surface area contributed by atoms with Gasteiger partial charge in [0, 0.05) is 17.4 Å². The number of carbonyl (C=O) groups is 1. The van der Waals surface area contributed by atoms with Gasteiger partial charge < -0.3 is 5.32 Å². The predicted molar refractivity (Wildman–Crippen MR) is 83.3 cm³/mol. The van der Waals surface area contributed by atoms with E-state index in [0.29, 0.717) is 23.7 Å². The molecular weight excluding hydrogens is 258 g/mol. The van der Waals surface area contributed by atoms with E-state index in [-0.39, 0.29) is 11.9 Å². The van der Waals surface area contributed by atoms with Crippen LogP contribution in [0.4, 0.5) is 0 Å². The van der Waals surface area contributed by atoms with Crippen molar-refractivity contribution in [3.8, 4) is 0 Å². The maximum Gasteiger partial charge on any atom is 0.247 e. The van der Waals surface area contributed by atoms with Gasteiger partial charge in [0.1, 0.15) is 0 Å². The van der Waals surface area contributed by atoms with E-state index in [1.807, 2.05) is 25.1 Å². The van der Waals surface area contributed by atoms with Crippen LogP contribution in [0.1, 0.15) is 18.5 Å². The van der Waals surface area contributed by atoms with Crippen molar-refractivity contribution in [3.63, 3.8) is 0 Å².